The molecule has 18 rings (SSSR count). The molecule has 27 nitrogen and oxygen atoms in total. The maximum absolute atomic E-state index is 12.8. The topological polar surface area (TPSA) is 295 Å². The second kappa shape index (κ2) is 27.5. The molecule has 0 unspecified atom stereocenters. The van der Waals surface area contributed by atoms with Crippen LogP contribution in [0.25, 0.3) is 66.9 Å². The summed E-state index contributed by atoms with van der Waals surface area (Å²) in [6.07, 6.45) is 16.5. The summed E-state index contributed by atoms with van der Waals surface area (Å²) < 4.78 is 1.98. The lowest BCUT2D eigenvalue weighted by molar-refractivity contribution is 0.0958. The van der Waals surface area contributed by atoms with Crippen LogP contribution in [0, 0.1) is 20.8 Å². The summed E-state index contributed by atoms with van der Waals surface area (Å²) in [7, 11) is 8.41. The average molecular weight is 1380 g/mol. The summed E-state index contributed by atoms with van der Waals surface area (Å²) in [6, 6.07) is 24.2. The zero-order valence-corrected chi connectivity index (χ0v) is 58.6. The lowest BCUT2D eigenvalue weighted by Gasteiger charge is -2.33. The highest BCUT2D eigenvalue weighted by Gasteiger charge is 2.33. The molecular formula is C76H80N24O3. The van der Waals surface area contributed by atoms with Gasteiger partial charge in [0.05, 0.1) is 105 Å². The minimum absolute atomic E-state index is 0.103. The van der Waals surface area contributed by atoms with Gasteiger partial charge in [-0.25, -0.2) is 29.9 Å². The van der Waals surface area contributed by atoms with Gasteiger partial charge >= 0.3 is 0 Å². The van der Waals surface area contributed by atoms with Gasteiger partial charge in [0.1, 0.15) is 34.4 Å². The molecule has 0 aliphatic carbocycles. The van der Waals surface area contributed by atoms with Gasteiger partial charge in [-0.2, -0.15) is 0 Å². The maximum atomic E-state index is 12.8. The Morgan fingerprint density at radius 2 is 0.825 bits per heavy atom. The number of anilines is 9. The van der Waals surface area contributed by atoms with E-state index in [0.717, 1.165) is 196 Å². The highest BCUT2D eigenvalue weighted by Crippen LogP contribution is 2.41. The fraction of sp³-hybridized carbons (Fsp3) is 0.289. The van der Waals surface area contributed by atoms with Crippen LogP contribution in [0.3, 0.4) is 0 Å². The van der Waals surface area contributed by atoms with E-state index in [4.69, 9.17) is 15.0 Å². The van der Waals surface area contributed by atoms with Crippen LogP contribution in [0.4, 0.5) is 51.6 Å². The molecule has 522 valence electrons. The molecular weight excluding hydrogens is 1300 g/mol. The van der Waals surface area contributed by atoms with E-state index in [0.29, 0.717) is 70.8 Å². The third-order valence-corrected chi connectivity index (χ3v) is 20.3. The van der Waals surface area contributed by atoms with E-state index < -0.39 is 0 Å². The molecule has 0 bridgehead atoms. The number of pyridine rings is 9. The first-order chi connectivity index (χ1) is 50.1. The van der Waals surface area contributed by atoms with Gasteiger partial charge in [-0.05, 0) is 115 Å². The molecule has 27 heteroatoms. The normalized spacial score (nSPS) is 16.0. The summed E-state index contributed by atoms with van der Waals surface area (Å²) >= 11 is 0. The summed E-state index contributed by atoms with van der Waals surface area (Å²) in [6.45, 7) is 19.5. The lowest BCUT2D eigenvalue weighted by atomic mass is 9.99. The van der Waals surface area contributed by atoms with Gasteiger partial charge < -0.3 is 75.8 Å². The van der Waals surface area contributed by atoms with Crippen molar-refractivity contribution < 1.29 is 14.4 Å². The first kappa shape index (κ1) is 65.7. The van der Waals surface area contributed by atoms with Crippen molar-refractivity contribution in [3.8, 4) is 33.8 Å². The Morgan fingerprint density at radius 1 is 0.398 bits per heavy atom. The first-order valence-corrected chi connectivity index (χ1v) is 34.8. The molecule has 8 N–H and O–H groups in total. The highest BCUT2D eigenvalue weighted by molar-refractivity contribution is 6.09. The number of carbonyl (C=O) groups excluding carboxylic acids is 3. The Kier molecular flexibility index (Phi) is 17.6. The minimum atomic E-state index is -0.107. The van der Waals surface area contributed by atoms with Crippen LogP contribution in [-0.2, 0) is 26.7 Å². The van der Waals surface area contributed by atoms with Gasteiger partial charge in [0.15, 0.2) is 0 Å². The first-order valence-electron chi connectivity index (χ1n) is 34.8. The molecule has 103 heavy (non-hydrogen) atoms. The molecule has 12 aromatic heterocycles. The van der Waals surface area contributed by atoms with Crippen LogP contribution in [-0.4, -0.2) is 191 Å². The fourth-order valence-corrected chi connectivity index (χ4v) is 14.5. The van der Waals surface area contributed by atoms with E-state index in [1.54, 1.807) is 24.8 Å². The van der Waals surface area contributed by atoms with E-state index in [-0.39, 0.29) is 17.7 Å². The maximum Gasteiger partial charge on any atom is 0.254 e. The Labute approximate surface area is 594 Å². The number of amides is 3. The van der Waals surface area contributed by atoms with Crippen LogP contribution in [0.2, 0.25) is 0 Å². The quantitative estimate of drug-likeness (QED) is 0.0565. The molecule has 0 atom stereocenters. The van der Waals surface area contributed by atoms with Gasteiger partial charge in [0, 0.05) is 190 Å². The number of nitrogens with zero attached hydrogens (tertiary/aromatic N) is 16. The van der Waals surface area contributed by atoms with Gasteiger partial charge in [-0.1, -0.05) is 0 Å². The number of carbonyl (C=O) groups is 3. The van der Waals surface area contributed by atoms with Crippen molar-refractivity contribution in [2.75, 3.05) is 130 Å². The Hall–Kier alpha value is -11.9. The third kappa shape index (κ3) is 13.0. The van der Waals surface area contributed by atoms with Crippen molar-refractivity contribution in [1.29, 1.82) is 0 Å². The molecule has 0 radical (unpaired) electrons. The predicted molar refractivity (Wildman–Crippen MR) is 402 cm³/mol. The van der Waals surface area contributed by atoms with Crippen LogP contribution in [0.15, 0.2) is 129 Å². The molecule has 3 amide bonds. The van der Waals surface area contributed by atoms with Crippen LogP contribution in [0.1, 0.15) is 64.8 Å². The molecule has 6 aliphatic heterocycles. The van der Waals surface area contributed by atoms with Crippen molar-refractivity contribution in [2.45, 2.75) is 40.4 Å². The number of nitrogens with one attached hydrogen (secondary N) is 8. The second-order valence-electron chi connectivity index (χ2n) is 27.2. The second-order valence-corrected chi connectivity index (χ2v) is 27.2. The SMILES string of the molecule is CN1CCN(c2ccc(Nc3cnc(-c4ccnc5c4ccn5C)c4c3C(=O)NC4)nc2)CC1.Cc1ccc2c(-c3ncc(Nc4ccc(N5CCN(C)CC5)cn4)c4c3CNC4=O)c(C)[nH]c2n1.Cc1ccc2c(-c3ncc(Nc4ccc(N5CCN(C)CC5)cn4)c4c3CNC4=O)c[nH]c2n1. The number of hydrogen-bond donors (Lipinski definition) is 8. The van der Waals surface area contributed by atoms with Crippen molar-refractivity contribution in [1.82, 2.24) is 90.0 Å². The molecule has 6 aliphatic rings. The van der Waals surface area contributed by atoms with Crippen LogP contribution < -0.4 is 46.6 Å². The van der Waals surface area contributed by atoms with Crippen LogP contribution in [0.5, 0.6) is 0 Å². The summed E-state index contributed by atoms with van der Waals surface area (Å²) in [5.41, 5.74) is 20.5. The van der Waals surface area contributed by atoms with Crippen molar-refractivity contribution in [3.05, 3.63) is 179 Å². The average Bonchev–Trinajstić information content (AvgIpc) is 1.65. The van der Waals surface area contributed by atoms with Gasteiger partial charge in [0.2, 0.25) is 0 Å². The monoisotopic (exact) mass is 1380 g/mol. The molecule has 0 spiro atoms. The molecule has 3 fully saturated rings. The molecule has 0 saturated carbocycles. The molecule has 0 aromatic carbocycles. The molecule has 18 heterocycles. The Balaban J connectivity index is 0.000000119. The number of hydrogen-bond acceptors (Lipinski definition) is 21. The predicted octanol–water partition coefficient (Wildman–Crippen LogP) is 9.21. The number of likely N-dealkylation sites (N-methyl/N-ethyl adjacent to an activating group) is 3. The van der Waals surface area contributed by atoms with Crippen molar-refractivity contribution >= 4 is 102 Å². The van der Waals surface area contributed by atoms with E-state index in [9.17, 15) is 14.4 Å². The Morgan fingerprint density at radius 3 is 1.28 bits per heavy atom. The minimum Gasteiger partial charge on any atom is -0.368 e. The number of aryl methyl sites for hydroxylation is 4. The zero-order valence-electron chi connectivity index (χ0n) is 58.6. The summed E-state index contributed by atoms with van der Waals surface area (Å²) in [5.74, 6) is 1.73. The fourth-order valence-electron chi connectivity index (χ4n) is 14.5. The summed E-state index contributed by atoms with van der Waals surface area (Å²) in [5, 5.41) is 21.8. The summed E-state index contributed by atoms with van der Waals surface area (Å²) in [4.78, 5) is 101. The highest BCUT2D eigenvalue weighted by atomic mass is 16.2. The van der Waals surface area contributed by atoms with Gasteiger partial charge in [-0.3, -0.25) is 29.3 Å². The van der Waals surface area contributed by atoms with E-state index in [1.807, 2.05) is 112 Å². The van der Waals surface area contributed by atoms with Gasteiger partial charge in [0.25, 0.3) is 17.7 Å². The van der Waals surface area contributed by atoms with E-state index >= 15 is 0 Å². The lowest BCUT2D eigenvalue weighted by Crippen LogP contribution is -2.44. The number of H-pyrrole nitrogens is 2. The smallest absolute Gasteiger partial charge is 0.254 e. The standard InChI is InChI=1S/C26H28N8O.2C25H26N8O/c1-15-4-6-18-22(16(2)31-25(18)30-15)24-19-13-29-26(35)23(19)20(14-28-24)32-21-7-5-17(12-27-21)34-10-8-33(3)9-11-34;1-15-3-5-17-18(12-28-24(17)30-15)23-19-13-29-25(34)22(19)20(14-27-23)31-21-6-4-16(11-26-21)33-9-7-32(2)8-10-33;1-31-9-11-33(12-10-31)16-3-4-21(27-13-16)30-20-15-28-23(19-14-29-25(34)22(19)20)17-5-7-26-24-18(17)6-8-32(24)2/h4-7,12,14H,8-11,13H2,1-3H3,(H,27,32)(H,29,35)(H,30,31);3-6,11-12,14H,7-10,13H2,1-2H3,(H,26,31)(H,28,30)(H,29,34);3-8,13,15H,9-12,14H2,1-2H3,(H,27,30)(H,29,34). The largest absolute Gasteiger partial charge is 0.368 e. The van der Waals surface area contributed by atoms with Gasteiger partial charge in [-0.15, -0.1) is 0 Å². The third-order valence-electron chi connectivity index (χ3n) is 20.3. The number of aromatic amines is 2. The van der Waals surface area contributed by atoms with E-state index in [1.165, 1.54) is 0 Å². The van der Waals surface area contributed by atoms with E-state index in [2.05, 4.69) is 147 Å². The van der Waals surface area contributed by atoms with Crippen LogP contribution >= 0.6 is 0 Å². The number of fused-ring (bicyclic) bond motifs is 6. The van der Waals surface area contributed by atoms with Crippen molar-refractivity contribution in [3.63, 3.8) is 0 Å². The number of piperazine rings is 3. The molecule has 3 saturated heterocycles. The number of rotatable bonds is 12. The number of aromatic nitrogens is 12. The zero-order chi connectivity index (χ0) is 70.6. The Bertz CT molecular complexity index is 5240. The van der Waals surface area contributed by atoms with Crippen molar-refractivity contribution in [2.24, 2.45) is 7.05 Å². The molecule has 12 aromatic rings.